The Morgan fingerprint density at radius 2 is 1.80 bits per heavy atom. The topological polar surface area (TPSA) is 44.5 Å². The third kappa shape index (κ3) is 1.56. The van der Waals surface area contributed by atoms with Gasteiger partial charge >= 0.3 is 0 Å². The summed E-state index contributed by atoms with van der Waals surface area (Å²) in [4.78, 5) is 0. The van der Waals surface area contributed by atoms with Crippen molar-refractivity contribution in [3.8, 4) is 11.5 Å². The van der Waals surface area contributed by atoms with Crippen molar-refractivity contribution >= 4 is 16.5 Å². The van der Waals surface area contributed by atoms with Crippen LogP contribution in [0.2, 0.25) is 0 Å². The molecule has 78 valence electrons. The monoisotopic (exact) mass is 203 g/mol. The van der Waals surface area contributed by atoms with E-state index in [4.69, 9.17) is 15.2 Å². The van der Waals surface area contributed by atoms with Crippen molar-refractivity contribution < 1.29 is 9.47 Å². The van der Waals surface area contributed by atoms with Gasteiger partial charge in [-0.3, -0.25) is 0 Å². The quantitative estimate of drug-likeness (QED) is 0.762. The molecule has 2 aromatic rings. The fourth-order valence-electron chi connectivity index (χ4n) is 1.66. The Kier molecular flexibility index (Phi) is 2.37. The van der Waals surface area contributed by atoms with E-state index in [0.717, 1.165) is 22.3 Å². The first kappa shape index (κ1) is 9.65. The zero-order valence-electron chi connectivity index (χ0n) is 8.78. The maximum atomic E-state index is 5.92. The van der Waals surface area contributed by atoms with Crippen molar-refractivity contribution in [2.75, 3.05) is 20.0 Å². The van der Waals surface area contributed by atoms with Gasteiger partial charge in [-0.2, -0.15) is 0 Å². The van der Waals surface area contributed by atoms with Gasteiger partial charge in [0.1, 0.15) is 11.5 Å². The molecule has 0 fully saturated rings. The minimum Gasteiger partial charge on any atom is -0.497 e. The van der Waals surface area contributed by atoms with Crippen LogP contribution in [0.15, 0.2) is 30.3 Å². The van der Waals surface area contributed by atoms with Gasteiger partial charge in [-0.1, -0.05) is 12.1 Å². The average molecular weight is 203 g/mol. The molecule has 3 heteroatoms. The van der Waals surface area contributed by atoms with Crippen molar-refractivity contribution in [1.29, 1.82) is 0 Å². The normalized spacial score (nSPS) is 10.3. The standard InChI is InChI=1S/C12H13NO2/c1-14-8-6-10-9(11(13)7-8)4-3-5-12(10)15-2/h3-7H,13H2,1-2H3. The van der Waals surface area contributed by atoms with Crippen LogP contribution in [-0.2, 0) is 0 Å². The predicted octanol–water partition coefficient (Wildman–Crippen LogP) is 2.44. The molecule has 0 radical (unpaired) electrons. The Bertz CT molecular complexity index is 494. The number of rotatable bonds is 2. The molecule has 0 aromatic heterocycles. The lowest BCUT2D eigenvalue weighted by Crippen LogP contribution is -1.92. The minimum absolute atomic E-state index is 0.697. The van der Waals surface area contributed by atoms with Crippen molar-refractivity contribution in [3.63, 3.8) is 0 Å². The summed E-state index contributed by atoms with van der Waals surface area (Å²) in [5, 5.41) is 1.95. The molecule has 0 unspecified atom stereocenters. The van der Waals surface area contributed by atoms with Gasteiger partial charge in [0.15, 0.2) is 0 Å². The van der Waals surface area contributed by atoms with E-state index >= 15 is 0 Å². The molecule has 0 heterocycles. The van der Waals surface area contributed by atoms with Crippen LogP contribution in [0.5, 0.6) is 11.5 Å². The van der Waals surface area contributed by atoms with Crippen LogP contribution in [-0.4, -0.2) is 14.2 Å². The summed E-state index contributed by atoms with van der Waals surface area (Å²) in [7, 11) is 3.26. The van der Waals surface area contributed by atoms with Crippen LogP contribution in [0.3, 0.4) is 0 Å². The molecule has 0 aliphatic rings. The molecular formula is C12H13NO2. The molecule has 2 N–H and O–H groups in total. The highest BCUT2D eigenvalue weighted by atomic mass is 16.5. The first-order valence-corrected chi connectivity index (χ1v) is 4.66. The van der Waals surface area contributed by atoms with Gasteiger partial charge < -0.3 is 15.2 Å². The molecular weight excluding hydrogens is 190 g/mol. The number of ether oxygens (including phenoxy) is 2. The van der Waals surface area contributed by atoms with Gasteiger partial charge in [-0.15, -0.1) is 0 Å². The molecule has 0 spiro atoms. The van der Waals surface area contributed by atoms with Crippen LogP contribution in [0.25, 0.3) is 10.8 Å². The smallest absolute Gasteiger partial charge is 0.126 e. The highest BCUT2D eigenvalue weighted by molar-refractivity contribution is 5.98. The molecule has 0 atom stereocenters. The average Bonchev–Trinajstić information content (AvgIpc) is 2.28. The van der Waals surface area contributed by atoms with Crippen molar-refractivity contribution in [2.24, 2.45) is 0 Å². The number of nitrogens with two attached hydrogens (primary N) is 1. The number of hydrogen-bond acceptors (Lipinski definition) is 3. The lowest BCUT2D eigenvalue weighted by atomic mass is 10.1. The van der Waals surface area contributed by atoms with Gasteiger partial charge in [-0.05, 0) is 12.1 Å². The summed E-state index contributed by atoms with van der Waals surface area (Å²) in [5.74, 6) is 1.54. The minimum atomic E-state index is 0.697. The van der Waals surface area contributed by atoms with Crippen molar-refractivity contribution in [3.05, 3.63) is 30.3 Å². The van der Waals surface area contributed by atoms with Crippen LogP contribution in [0, 0.1) is 0 Å². The second kappa shape index (κ2) is 3.69. The summed E-state index contributed by atoms with van der Waals surface area (Å²) in [6.45, 7) is 0. The first-order chi connectivity index (χ1) is 7.26. The molecule has 0 saturated heterocycles. The maximum Gasteiger partial charge on any atom is 0.126 e. The number of anilines is 1. The molecule has 0 amide bonds. The molecule has 0 aliphatic carbocycles. The van der Waals surface area contributed by atoms with Gasteiger partial charge in [0.05, 0.1) is 14.2 Å². The van der Waals surface area contributed by atoms with E-state index in [2.05, 4.69) is 0 Å². The number of methoxy groups -OCH3 is 2. The Morgan fingerprint density at radius 1 is 1.00 bits per heavy atom. The third-order valence-electron chi connectivity index (χ3n) is 2.42. The summed E-state index contributed by atoms with van der Waals surface area (Å²) in [6.07, 6.45) is 0. The maximum absolute atomic E-state index is 5.92. The van der Waals surface area contributed by atoms with E-state index in [-0.39, 0.29) is 0 Å². The lowest BCUT2D eigenvalue weighted by molar-refractivity contribution is 0.412. The molecule has 15 heavy (non-hydrogen) atoms. The fourth-order valence-corrected chi connectivity index (χ4v) is 1.66. The molecule has 0 saturated carbocycles. The third-order valence-corrected chi connectivity index (χ3v) is 2.42. The number of benzene rings is 2. The van der Waals surface area contributed by atoms with Gasteiger partial charge in [-0.25, -0.2) is 0 Å². The van der Waals surface area contributed by atoms with Crippen LogP contribution >= 0.6 is 0 Å². The zero-order chi connectivity index (χ0) is 10.8. The van der Waals surface area contributed by atoms with E-state index in [1.807, 2.05) is 30.3 Å². The van der Waals surface area contributed by atoms with Gasteiger partial charge in [0.2, 0.25) is 0 Å². The van der Waals surface area contributed by atoms with Crippen LogP contribution in [0.1, 0.15) is 0 Å². The number of fused-ring (bicyclic) bond motifs is 1. The molecule has 0 bridgehead atoms. The molecule has 2 aromatic carbocycles. The Balaban J connectivity index is 2.79. The Morgan fingerprint density at radius 3 is 2.47 bits per heavy atom. The van der Waals surface area contributed by atoms with E-state index < -0.39 is 0 Å². The van der Waals surface area contributed by atoms with E-state index in [0.29, 0.717) is 5.69 Å². The van der Waals surface area contributed by atoms with E-state index in [1.54, 1.807) is 14.2 Å². The SMILES string of the molecule is COc1cc(N)c2cccc(OC)c2c1. The second-order valence-corrected chi connectivity index (χ2v) is 3.27. The van der Waals surface area contributed by atoms with Crippen molar-refractivity contribution in [2.45, 2.75) is 0 Å². The Hall–Kier alpha value is -1.90. The molecule has 2 rings (SSSR count). The summed E-state index contributed by atoms with van der Waals surface area (Å²) >= 11 is 0. The van der Waals surface area contributed by atoms with Crippen LogP contribution in [0.4, 0.5) is 5.69 Å². The number of hydrogen-bond donors (Lipinski definition) is 1. The van der Waals surface area contributed by atoms with Gasteiger partial charge in [0.25, 0.3) is 0 Å². The second-order valence-electron chi connectivity index (χ2n) is 3.27. The zero-order valence-corrected chi connectivity index (χ0v) is 8.78. The first-order valence-electron chi connectivity index (χ1n) is 4.66. The Labute approximate surface area is 88.4 Å². The fraction of sp³-hybridized carbons (Fsp3) is 0.167. The van der Waals surface area contributed by atoms with E-state index in [1.165, 1.54) is 0 Å². The number of nitrogen functional groups attached to an aromatic ring is 1. The summed E-state index contributed by atoms with van der Waals surface area (Å²) < 4.78 is 10.4. The van der Waals surface area contributed by atoms with Crippen LogP contribution < -0.4 is 15.2 Å². The largest absolute Gasteiger partial charge is 0.497 e. The molecule has 0 aliphatic heterocycles. The van der Waals surface area contributed by atoms with Crippen molar-refractivity contribution in [1.82, 2.24) is 0 Å². The summed E-state index contributed by atoms with van der Waals surface area (Å²) in [5.41, 5.74) is 6.62. The van der Waals surface area contributed by atoms with Gasteiger partial charge in [0, 0.05) is 22.5 Å². The lowest BCUT2D eigenvalue weighted by Gasteiger charge is -2.09. The van der Waals surface area contributed by atoms with E-state index in [9.17, 15) is 0 Å². The predicted molar refractivity (Wildman–Crippen MR) is 61.5 cm³/mol. The summed E-state index contributed by atoms with van der Waals surface area (Å²) in [6, 6.07) is 9.52. The molecule has 3 nitrogen and oxygen atoms in total. The highest BCUT2D eigenvalue weighted by Gasteiger charge is 2.05. The highest BCUT2D eigenvalue weighted by Crippen LogP contribution is 2.33.